The Hall–Kier alpha value is -2.58. The molecule has 4 rings (SSSR count). The highest BCUT2D eigenvalue weighted by Gasteiger charge is 2.27. The van der Waals surface area contributed by atoms with Gasteiger partial charge in [0.25, 0.3) is 5.91 Å². The number of nitrogens with zero attached hydrogens (tertiary/aromatic N) is 2. The van der Waals surface area contributed by atoms with E-state index in [4.69, 9.17) is 4.74 Å². The number of benzene rings is 2. The predicted molar refractivity (Wildman–Crippen MR) is 126 cm³/mol. The number of methoxy groups -OCH3 is 1. The second-order valence-electron chi connectivity index (χ2n) is 8.52. The van der Waals surface area contributed by atoms with Crippen LogP contribution in [0.15, 0.2) is 42.5 Å². The zero-order valence-electron chi connectivity index (χ0n) is 18.7. The number of anilines is 1. The molecule has 1 atom stereocenters. The van der Waals surface area contributed by atoms with Crippen LogP contribution in [0.3, 0.4) is 0 Å². The van der Waals surface area contributed by atoms with Crippen molar-refractivity contribution < 1.29 is 17.9 Å². The van der Waals surface area contributed by atoms with E-state index in [1.807, 2.05) is 18.2 Å². The first-order valence-electron chi connectivity index (χ1n) is 11.1. The summed E-state index contributed by atoms with van der Waals surface area (Å²) in [5.74, 6) is 0.678. The smallest absolute Gasteiger partial charge is 0.251 e. The second-order valence-corrected chi connectivity index (χ2v) is 10.4. The largest absolute Gasteiger partial charge is 0.497 e. The molecule has 172 valence electrons. The summed E-state index contributed by atoms with van der Waals surface area (Å²) in [5, 5.41) is 3.11. The SMILES string of the molecule is COc1ccc(C(CNC(=O)c2ccc3c(c2)CCN3S(C)(=O)=O)N2CCCCC2)cc1. The van der Waals surface area contributed by atoms with Gasteiger partial charge in [0.05, 0.1) is 25.1 Å². The van der Waals surface area contributed by atoms with E-state index in [2.05, 4.69) is 22.3 Å². The van der Waals surface area contributed by atoms with Crippen molar-refractivity contribution in [3.05, 3.63) is 59.2 Å². The van der Waals surface area contributed by atoms with Gasteiger partial charge in [-0.15, -0.1) is 0 Å². The first-order chi connectivity index (χ1) is 15.4. The highest BCUT2D eigenvalue weighted by atomic mass is 32.2. The summed E-state index contributed by atoms with van der Waals surface area (Å²) >= 11 is 0. The van der Waals surface area contributed by atoms with E-state index in [-0.39, 0.29) is 11.9 Å². The van der Waals surface area contributed by atoms with Crippen LogP contribution in [0, 0.1) is 0 Å². The van der Waals surface area contributed by atoms with Crippen LogP contribution in [0.2, 0.25) is 0 Å². The average Bonchev–Trinajstić information content (AvgIpc) is 3.24. The maximum atomic E-state index is 13.0. The van der Waals surface area contributed by atoms with Gasteiger partial charge in [-0.1, -0.05) is 18.6 Å². The van der Waals surface area contributed by atoms with Crippen molar-refractivity contribution in [1.29, 1.82) is 0 Å². The number of fused-ring (bicyclic) bond motifs is 1. The molecule has 2 aliphatic heterocycles. The normalized spacial score (nSPS) is 17.6. The van der Waals surface area contributed by atoms with Crippen molar-refractivity contribution in [1.82, 2.24) is 10.2 Å². The third-order valence-electron chi connectivity index (χ3n) is 6.38. The number of carbonyl (C=O) groups is 1. The van der Waals surface area contributed by atoms with Crippen LogP contribution in [0.25, 0.3) is 0 Å². The van der Waals surface area contributed by atoms with Crippen molar-refractivity contribution in [3.8, 4) is 5.75 Å². The molecule has 1 saturated heterocycles. The number of hydrogen-bond acceptors (Lipinski definition) is 5. The van der Waals surface area contributed by atoms with Gasteiger partial charge in [0.2, 0.25) is 10.0 Å². The molecule has 2 heterocycles. The monoisotopic (exact) mass is 457 g/mol. The molecule has 2 aromatic carbocycles. The zero-order chi connectivity index (χ0) is 22.7. The maximum absolute atomic E-state index is 13.0. The standard InChI is InChI=1S/C24H31N3O4S/c1-31-21-9-6-18(7-10-21)23(26-13-4-3-5-14-26)17-25-24(28)20-8-11-22-19(16-20)12-15-27(22)32(2,29)30/h6-11,16,23H,3-5,12-15,17H2,1-2H3,(H,25,28). The molecule has 1 unspecified atom stereocenters. The quantitative estimate of drug-likeness (QED) is 0.692. The lowest BCUT2D eigenvalue weighted by Crippen LogP contribution is -2.40. The van der Waals surface area contributed by atoms with E-state index >= 15 is 0 Å². The van der Waals surface area contributed by atoms with Gasteiger partial charge in [0.1, 0.15) is 5.75 Å². The van der Waals surface area contributed by atoms with Gasteiger partial charge in [-0.05, 0) is 73.8 Å². The van der Waals surface area contributed by atoms with Crippen LogP contribution >= 0.6 is 0 Å². The molecular formula is C24H31N3O4S. The van der Waals surface area contributed by atoms with E-state index < -0.39 is 10.0 Å². The molecule has 1 fully saturated rings. The Labute approximate surface area is 190 Å². The van der Waals surface area contributed by atoms with Gasteiger partial charge < -0.3 is 10.1 Å². The summed E-state index contributed by atoms with van der Waals surface area (Å²) in [6.07, 6.45) is 5.41. The molecule has 1 amide bonds. The zero-order valence-corrected chi connectivity index (χ0v) is 19.5. The lowest BCUT2D eigenvalue weighted by atomic mass is 10.0. The summed E-state index contributed by atoms with van der Waals surface area (Å²) in [6, 6.07) is 13.4. The van der Waals surface area contributed by atoms with Crippen molar-refractivity contribution in [2.24, 2.45) is 0 Å². The Morgan fingerprint density at radius 2 is 1.78 bits per heavy atom. The number of ether oxygens (including phenoxy) is 1. The fourth-order valence-electron chi connectivity index (χ4n) is 4.66. The van der Waals surface area contributed by atoms with Gasteiger partial charge in [-0.25, -0.2) is 8.42 Å². The van der Waals surface area contributed by atoms with Gasteiger partial charge in [-0.3, -0.25) is 14.0 Å². The number of sulfonamides is 1. The van der Waals surface area contributed by atoms with Crippen molar-refractivity contribution in [2.45, 2.75) is 31.7 Å². The fourth-order valence-corrected chi connectivity index (χ4v) is 5.62. The van der Waals surface area contributed by atoms with Gasteiger partial charge >= 0.3 is 0 Å². The molecule has 8 heteroatoms. The Morgan fingerprint density at radius 3 is 2.44 bits per heavy atom. The molecule has 0 spiro atoms. The predicted octanol–water partition coefficient (Wildman–Crippen LogP) is 2.97. The van der Waals surface area contributed by atoms with Gasteiger partial charge in [0.15, 0.2) is 0 Å². The summed E-state index contributed by atoms with van der Waals surface area (Å²) in [5.41, 5.74) is 3.29. The molecule has 0 bridgehead atoms. The number of rotatable bonds is 7. The summed E-state index contributed by atoms with van der Waals surface area (Å²) in [4.78, 5) is 15.4. The van der Waals surface area contributed by atoms with Crippen LogP contribution < -0.4 is 14.4 Å². The van der Waals surface area contributed by atoms with E-state index in [0.29, 0.717) is 30.8 Å². The lowest BCUT2D eigenvalue weighted by molar-refractivity contribution is 0.0924. The molecule has 32 heavy (non-hydrogen) atoms. The molecule has 0 aromatic heterocycles. The number of carbonyl (C=O) groups excluding carboxylic acids is 1. The maximum Gasteiger partial charge on any atom is 0.251 e. The molecule has 0 saturated carbocycles. The Bertz CT molecular complexity index is 1060. The van der Waals surface area contributed by atoms with Crippen LogP contribution in [-0.4, -0.2) is 58.8 Å². The molecule has 1 N–H and O–H groups in total. The fraction of sp³-hybridized carbons (Fsp3) is 0.458. The van der Waals surface area contributed by atoms with Crippen LogP contribution in [0.4, 0.5) is 5.69 Å². The average molecular weight is 458 g/mol. The Balaban J connectivity index is 1.48. The first kappa shape index (κ1) is 22.6. The summed E-state index contributed by atoms with van der Waals surface area (Å²) in [7, 11) is -1.64. The third kappa shape index (κ3) is 4.91. The van der Waals surface area contributed by atoms with E-state index in [1.165, 1.54) is 29.8 Å². The highest BCUT2D eigenvalue weighted by Crippen LogP contribution is 2.31. The van der Waals surface area contributed by atoms with Gasteiger partial charge in [-0.2, -0.15) is 0 Å². The minimum Gasteiger partial charge on any atom is -0.497 e. The lowest BCUT2D eigenvalue weighted by Gasteiger charge is -2.35. The molecule has 2 aromatic rings. The summed E-state index contributed by atoms with van der Waals surface area (Å²) in [6.45, 7) is 2.98. The van der Waals surface area contributed by atoms with E-state index in [0.717, 1.165) is 30.0 Å². The minimum absolute atomic E-state index is 0.0975. The van der Waals surface area contributed by atoms with Crippen LogP contribution in [0.1, 0.15) is 46.8 Å². The topological polar surface area (TPSA) is 79.0 Å². The highest BCUT2D eigenvalue weighted by molar-refractivity contribution is 7.92. The number of likely N-dealkylation sites (tertiary alicyclic amines) is 1. The molecule has 0 aliphatic carbocycles. The third-order valence-corrected chi connectivity index (χ3v) is 7.56. The van der Waals surface area contributed by atoms with Crippen molar-refractivity contribution >= 4 is 21.6 Å². The number of nitrogens with one attached hydrogen (secondary N) is 1. The second kappa shape index (κ2) is 9.50. The number of amides is 1. The first-order valence-corrected chi connectivity index (χ1v) is 13.0. The minimum atomic E-state index is -3.30. The summed E-state index contributed by atoms with van der Waals surface area (Å²) < 4.78 is 30.6. The van der Waals surface area contributed by atoms with Crippen LogP contribution in [0.5, 0.6) is 5.75 Å². The molecule has 0 radical (unpaired) electrons. The molecular weight excluding hydrogens is 426 g/mol. The van der Waals surface area contributed by atoms with E-state index in [1.54, 1.807) is 19.2 Å². The Kier molecular flexibility index (Phi) is 6.71. The van der Waals surface area contributed by atoms with Crippen molar-refractivity contribution in [2.75, 3.05) is 43.8 Å². The molecule has 2 aliphatic rings. The van der Waals surface area contributed by atoms with Gasteiger partial charge in [0, 0.05) is 18.7 Å². The Morgan fingerprint density at radius 1 is 1.06 bits per heavy atom. The number of hydrogen-bond donors (Lipinski definition) is 1. The van der Waals surface area contributed by atoms with E-state index in [9.17, 15) is 13.2 Å². The molecule has 7 nitrogen and oxygen atoms in total. The van der Waals surface area contributed by atoms with Crippen molar-refractivity contribution in [3.63, 3.8) is 0 Å². The van der Waals surface area contributed by atoms with Crippen LogP contribution in [-0.2, 0) is 16.4 Å². The number of piperidine rings is 1.